The van der Waals surface area contributed by atoms with Crippen LogP contribution in [0.2, 0.25) is 0 Å². The van der Waals surface area contributed by atoms with E-state index in [9.17, 15) is 14.9 Å². The molecule has 0 spiro atoms. The molecule has 1 saturated heterocycles. The van der Waals surface area contributed by atoms with E-state index in [2.05, 4.69) is 21.4 Å². The van der Waals surface area contributed by atoms with Crippen molar-refractivity contribution < 1.29 is 9.59 Å². The van der Waals surface area contributed by atoms with E-state index in [1.165, 1.54) is 32.1 Å². The average Bonchev–Trinajstić information content (AvgIpc) is 3.24. The molecule has 1 amide bonds. The normalized spacial score (nSPS) is 28.1. The number of rotatable bonds is 8. The number of carbonyl (C=O) groups is 2. The van der Waals surface area contributed by atoms with Gasteiger partial charge in [0.2, 0.25) is 0 Å². The summed E-state index contributed by atoms with van der Waals surface area (Å²) in [6.07, 6.45) is 16.0. The summed E-state index contributed by atoms with van der Waals surface area (Å²) >= 11 is 0. The number of amides is 1. The molecule has 8 rings (SSSR count). The van der Waals surface area contributed by atoms with Crippen molar-refractivity contribution in [3.8, 4) is 6.07 Å². The summed E-state index contributed by atoms with van der Waals surface area (Å²) in [4.78, 5) is 38.6. The molecule has 1 N–H and O–H groups in total. The number of allylic oxidation sites excluding steroid dienone is 1. The molecular formula is C35H35N5O2. The van der Waals surface area contributed by atoms with E-state index in [4.69, 9.17) is 0 Å². The van der Waals surface area contributed by atoms with Crippen molar-refractivity contribution in [1.82, 2.24) is 20.2 Å². The highest BCUT2D eigenvalue weighted by molar-refractivity contribution is 6.06. The smallest absolute Gasteiger partial charge is 0.254 e. The van der Waals surface area contributed by atoms with Gasteiger partial charge in [-0.3, -0.25) is 24.5 Å². The van der Waals surface area contributed by atoms with Crippen LogP contribution in [0.25, 0.3) is 0 Å². The molecule has 3 aromatic rings. The van der Waals surface area contributed by atoms with Crippen molar-refractivity contribution in [1.29, 1.82) is 5.26 Å². The third kappa shape index (κ3) is 5.00. The number of nitrogens with zero attached hydrogens (tertiary/aromatic N) is 4. The van der Waals surface area contributed by atoms with E-state index in [-0.39, 0.29) is 11.7 Å². The molecule has 212 valence electrons. The molecule has 4 bridgehead atoms. The Morgan fingerprint density at radius 3 is 1.95 bits per heavy atom. The number of hydrogen-bond donors (Lipinski definition) is 1. The van der Waals surface area contributed by atoms with Gasteiger partial charge in [0.05, 0.1) is 11.6 Å². The largest absolute Gasteiger partial charge is 0.357 e. The second-order valence-corrected chi connectivity index (χ2v) is 12.9. The third-order valence-electron chi connectivity index (χ3n) is 10.2. The fourth-order valence-corrected chi connectivity index (χ4v) is 8.49. The SMILES string of the molecule is N#Cc1ccc(C(=O)C=C2NC(Cc3ccncc3)(Cc3ccncc3)C(=O)N2CC2C3CC4CC(C3)CC2C4)cc1. The summed E-state index contributed by atoms with van der Waals surface area (Å²) in [5, 5.41) is 12.8. The monoisotopic (exact) mass is 557 g/mol. The van der Waals surface area contributed by atoms with Gasteiger partial charge in [-0.05, 0) is 121 Å². The number of aromatic nitrogens is 2. The van der Waals surface area contributed by atoms with Crippen molar-refractivity contribution in [2.45, 2.75) is 50.5 Å². The maximum absolute atomic E-state index is 14.8. The van der Waals surface area contributed by atoms with Gasteiger partial charge in [0.15, 0.2) is 5.78 Å². The van der Waals surface area contributed by atoms with Crippen molar-refractivity contribution in [2.24, 2.45) is 29.6 Å². The van der Waals surface area contributed by atoms with Gasteiger partial charge in [0.1, 0.15) is 11.4 Å². The van der Waals surface area contributed by atoms with Gasteiger partial charge in [0, 0.05) is 55.8 Å². The van der Waals surface area contributed by atoms with Crippen LogP contribution in [0.5, 0.6) is 0 Å². The zero-order valence-electron chi connectivity index (χ0n) is 23.7. The Morgan fingerprint density at radius 1 is 0.881 bits per heavy atom. The van der Waals surface area contributed by atoms with Gasteiger partial charge in [-0.25, -0.2) is 0 Å². The number of pyridine rings is 2. The van der Waals surface area contributed by atoms with E-state index < -0.39 is 5.54 Å². The highest BCUT2D eigenvalue weighted by Gasteiger charge is 2.53. The molecule has 7 nitrogen and oxygen atoms in total. The highest BCUT2D eigenvalue weighted by Crippen LogP contribution is 2.57. The second kappa shape index (κ2) is 10.8. The minimum atomic E-state index is -0.953. The number of carbonyl (C=O) groups excluding carboxylic acids is 2. The lowest BCUT2D eigenvalue weighted by atomic mass is 9.52. The number of nitrogens with one attached hydrogen (secondary N) is 1. The molecule has 42 heavy (non-hydrogen) atoms. The first-order valence-corrected chi connectivity index (χ1v) is 15.1. The summed E-state index contributed by atoms with van der Waals surface area (Å²) in [6, 6.07) is 16.6. The van der Waals surface area contributed by atoms with Gasteiger partial charge in [-0.1, -0.05) is 0 Å². The Hall–Kier alpha value is -4.31. The third-order valence-corrected chi connectivity index (χ3v) is 10.2. The lowest BCUT2D eigenvalue weighted by Gasteiger charge is -2.55. The zero-order chi connectivity index (χ0) is 28.7. The Labute approximate surface area is 246 Å². The summed E-state index contributed by atoms with van der Waals surface area (Å²) in [5.74, 6) is 3.86. The maximum Gasteiger partial charge on any atom is 0.254 e. The summed E-state index contributed by atoms with van der Waals surface area (Å²) in [5.41, 5.74) is 2.06. The van der Waals surface area contributed by atoms with Gasteiger partial charge < -0.3 is 5.32 Å². The van der Waals surface area contributed by atoms with Gasteiger partial charge in [-0.15, -0.1) is 0 Å². The highest BCUT2D eigenvalue weighted by atomic mass is 16.2. The summed E-state index contributed by atoms with van der Waals surface area (Å²) < 4.78 is 0. The van der Waals surface area contributed by atoms with E-state index in [0.717, 1.165) is 23.0 Å². The van der Waals surface area contributed by atoms with Crippen molar-refractivity contribution >= 4 is 11.7 Å². The standard InChI is InChI=1S/C35H35N5O2/c36-21-25-1-3-28(4-2-25)32(41)18-33-39-35(19-23-5-9-37-10-6-23,20-24-7-11-38-12-8-24)34(42)40(33)22-31-29-14-26-13-27(16-29)17-30(31)15-26/h1-12,18,26-27,29-31,39H,13-17,19-20,22H2. The van der Waals surface area contributed by atoms with Gasteiger partial charge >= 0.3 is 0 Å². The van der Waals surface area contributed by atoms with E-state index in [1.807, 2.05) is 29.2 Å². The van der Waals surface area contributed by atoms with E-state index >= 15 is 0 Å². The number of nitriles is 1. The summed E-state index contributed by atoms with van der Waals surface area (Å²) in [7, 11) is 0. The van der Waals surface area contributed by atoms with Crippen LogP contribution in [0.1, 0.15) is 59.2 Å². The molecular weight excluding hydrogens is 522 g/mol. The Morgan fingerprint density at radius 2 is 1.43 bits per heavy atom. The van der Waals surface area contributed by atoms with Crippen LogP contribution < -0.4 is 5.32 Å². The number of benzene rings is 1. The Balaban J connectivity index is 1.26. The zero-order valence-corrected chi connectivity index (χ0v) is 23.7. The number of hydrogen-bond acceptors (Lipinski definition) is 6. The lowest BCUT2D eigenvalue weighted by Crippen LogP contribution is -2.52. The Bertz CT molecular complexity index is 1470. The molecule has 1 aliphatic heterocycles. The molecule has 1 aromatic carbocycles. The first-order chi connectivity index (χ1) is 20.5. The van der Waals surface area contributed by atoms with Crippen LogP contribution >= 0.6 is 0 Å². The average molecular weight is 558 g/mol. The van der Waals surface area contributed by atoms with Gasteiger partial charge in [0.25, 0.3) is 5.91 Å². The second-order valence-electron chi connectivity index (χ2n) is 12.9. The fourth-order valence-electron chi connectivity index (χ4n) is 8.49. The minimum Gasteiger partial charge on any atom is -0.357 e. The van der Waals surface area contributed by atoms with Crippen LogP contribution in [-0.4, -0.2) is 38.6 Å². The molecule has 7 heteroatoms. The quantitative estimate of drug-likeness (QED) is 0.306. The topological polar surface area (TPSA) is 99.0 Å². The van der Waals surface area contributed by atoms with Crippen LogP contribution in [-0.2, 0) is 17.6 Å². The van der Waals surface area contributed by atoms with Crippen LogP contribution in [0.4, 0.5) is 0 Å². The van der Waals surface area contributed by atoms with Gasteiger partial charge in [-0.2, -0.15) is 5.26 Å². The molecule has 5 fully saturated rings. The Kier molecular flexibility index (Phi) is 6.85. The van der Waals surface area contributed by atoms with Crippen LogP contribution in [0, 0.1) is 40.9 Å². The van der Waals surface area contributed by atoms with Crippen molar-refractivity contribution in [2.75, 3.05) is 6.54 Å². The first kappa shape index (κ1) is 26.6. The molecule has 0 atom stereocenters. The maximum atomic E-state index is 14.8. The van der Waals surface area contributed by atoms with E-state index in [0.29, 0.717) is 54.1 Å². The molecule has 5 aliphatic rings. The molecule has 4 aliphatic carbocycles. The number of ketones is 1. The van der Waals surface area contributed by atoms with E-state index in [1.54, 1.807) is 55.1 Å². The first-order valence-electron chi connectivity index (χ1n) is 15.1. The lowest BCUT2D eigenvalue weighted by molar-refractivity contribution is -0.134. The molecule has 4 saturated carbocycles. The van der Waals surface area contributed by atoms with Crippen LogP contribution in [0.15, 0.2) is 85.2 Å². The predicted octanol–water partition coefficient (Wildman–Crippen LogP) is 5.10. The molecule has 3 heterocycles. The fraction of sp³-hybridized carbons (Fsp3) is 0.400. The van der Waals surface area contributed by atoms with Crippen molar-refractivity contribution in [3.05, 3.63) is 107 Å². The van der Waals surface area contributed by atoms with Crippen molar-refractivity contribution in [3.63, 3.8) is 0 Å². The molecule has 0 unspecified atom stereocenters. The van der Waals surface area contributed by atoms with Crippen LogP contribution in [0.3, 0.4) is 0 Å². The predicted molar refractivity (Wildman–Crippen MR) is 158 cm³/mol. The molecule has 0 radical (unpaired) electrons. The minimum absolute atomic E-state index is 0.0174. The summed E-state index contributed by atoms with van der Waals surface area (Å²) in [6.45, 7) is 0.640. The molecule has 2 aromatic heterocycles.